The average molecular weight is 365 g/mol. The highest BCUT2D eigenvalue weighted by molar-refractivity contribution is 6.36. The first-order valence-electron chi connectivity index (χ1n) is 6.82. The van der Waals surface area contributed by atoms with Gasteiger partial charge >= 0.3 is 6.03 Å². The van der Waals surface area contributed by atoms with Gasteiger partial charge in [0.05, 0.1) is 12.8 Å². The minimum Gasteiger partial charge on any atom is -0.467 e. The topological polar surface area (TPSA) is 79.6 Å². The first kappa shape index (κ1) is 16.3. The van der Waals surface area contributed by atoms with Crippen LogP contribution in [0, 0.1) is 0 Å². The number of furan rings is 1. The quantitative estimate of drug-likeness (QED) is 0.669. The van der Waals surface area contributed by atoms with Gasteiger partial charge in [0.1, 0.15) is 11.3 Å². The first-order valence-corrected chi connectivity index (χ1v) is 7.57. The maximum atomic E-state index is 12.5. The van der Waals surface area contributed by atoms with Gasteiger partial charge in [-0.25, -0.2) is 4.79 Å². The van der Waals surface area contributed by atoms with E-state index < -0.39 is 17.8 Å². The lowest BCUT2D eigenvalue weighted by atomic mass is 10.1. The van der Waals surface area contributed by atoms with E-state index in [1.165, 1.54) is 18.4 Å². The molecular weight excluding hydrogens is 355 g/mol. The van der Waals surface area contributed by atoms with Crippen molar-refractivity contribution in [2.24, 2.45) is 0 Å². The van der Waals surface area contributed by atoms with Crippen molar-refractivity contribution in [2.75, 3.05) is 0 Å². The standard InChI is InChI=1S/C16H10Cl2N2O4/c17-10-4-3-9(13(18)7-10)6-12-14(21)19-16(23)20(15(12)22)8-11-2-1-5-24-11/h1-7H,8H2,(H,19,21,23)/b12-6+. The van der Waals surface area contributed by atoms with Gasteiger partial charge in [0, 0.05) is 10.0 Å². The van der Waals surface area contributed by atoms with Crippen LogP contribution in [0.2, 0.25) is 10.0 Å². The molecule has 122 valence electrons. The SMILES string of the molecule is O=C1NC(=O)N(Cc2ccco2)C(=O)/C1=C/c1ccc(Cl)cc1Cl. The van der Waals surface area contributed by atoms with Crippen LogP contribution in [0.4, 0.5) is 4.79 Å². The Hall–Kier alpha value is -2.57. The Balaban J connectivity index is 1.94. The fourth-order valence-corrected chi connectivity index (χ4v) is 2.63. The van der Waals surface area contributed by atoms with Crippen molar-refractivity contribution in [1.82, 2.24) is 10.2 Å². The molecule has 1 aliphatic heterocycles. The highest BCUT2D eigenvalue weighted by atomic mass is 35.5. The molecule has 1 saturated heterocycles. The number of halogens is 2. The van der Waals surface area contributed by atoms with Gasteiger partial charge in [0.25, 0.3) is 11.8 Å². The van der Waals surface area contributed by atoms with E-state index in [2.05, 4.69) is 5.32 Å². The minimum atomic E-state index is -0.805. The molecule has 2 heterocycles. The van der Waals surface area contributed by atoms with E-state index >= 15 is 0 Å². The highest BCUT2D eigenvalue weighted by Crippen LogP contribution is 2.24. The summed E-state index contributed by atoms with van der Waals surface area (Å²) < 4.78 is 5.13. The molecule has 1 aromatic heterocycles. The maximum Gasteiger partial charge on any atom is 0.331 e. The molecule has 1 aromatic carbocycles. The lowest BCUT2D eigenvalue weighted by Crippen LogP contribution is -2.53. The van der Waals surface area contributed by atoms with Crippen molar-refractivity contribution in [3.63, 3.8) is 0 Å². The number of imide groups is 2. The van der Waals surface area contributed by atoms with E-state index in [1.807, 2.05) is 0 Å². The number of rotatable bonds is 3. The molecule has 8 heteroatoms. The molecule has 0 bridgehead atoms. The van der Waals surface area contributed by atoms with Gasteiger partial charge in [0.15, 0.2) is 0 Å². The Kier molecular flexibility index (Phi) is 4.42. The molecule has 0 spiro atoms. The molecule has 1 fully saturated rings. The van der Waals surface area contributed by atoms with Gasteiger partial charge < -0.3 is 4.42 Å². The summed E-state index contributed by atoms with van der Waals surface area (Å²) in [6.45, 7) is -0.0867. The van der Waals surface area contributed by atoms with Gasteiger partial charge in [-0.1, -0.05) is 29.3 Å². The molecule has 0 saturated carbocycles. The summed E-state index contributed by atoms with van der Waals surface area (Å²) >= 11 is 11.9. The Bertz CT molecular complexity index is 859. The minimum absolute atomic E-state index is 0.0867. The van der Waals surface area contributed by atoms with Crippen LogP contribution in [0.1, 0.15) is 11.3 Å². The summed E-state index contributed by atoms with van der Waals surface area (Å²) in [5.41, 5.74) is 0.234. The summed E-state index contributed by atoms with van der Waals surface area (Å²) in [5.74, 6) is -1.10. The van der Waals surface area contributed by atoms with E-state index in [1.54, 1.807) is 24.3 Å². The molecule has 6 nitrogen and oxygen atoms in total. The smallest absolute Gasteiger partial charge is 0.331 e. The van der Waals surface area contributed by atoms with Gasteiger partial charge in [0.2, 0.25) is 0 Å². The number of urea groups is 1. The number of barbiturate groups is 1. The zero-order chi connectivity index (χ0) is 17.3. The molecular formula is C16H10Cl2N2O4. The van der Waals surface area contributed by atoms with Crippen LogP contribution < -0.4 is 5.32 Å². The molecule has 4 amide bonds. The van der Waals surface area contributed by atoms with Crippen molar-refractivity contribution < 1.29 is 18.8 Å². The third-order valence-electron chi connectivity index (χ3n) is 3.34. The second-order valence-electron chi connectivity index (χ2n) is 4.95. The van der Waals surface area contributed by atoms with E-state index in [9.17, 15) is 14.4 Å². The summed E-state index contributed by atoms with van der Waals surface area (Å²) in [6.07, 6.45) is 2.74. The van der Waals surface area contributed by atoms with Crippen LogP contribution in [0.3, 0.4) is 0 Å². The van der Waals surface area contributed by atoms with E-state index in [0.717, 1.165) is 4.90 Å². The van der Waals surface area contributed by atoms with Crippen LogP contribution in [0.25, 0.3) is 6.08 Å². The Morgan fingerprint density at radius 3 is 2.62 bits per heavy atom. The molecule has 0 aliphatic carbocycles. The lowest BCUT2D eigenvalue weighted by molar-refractivity contribution is -0.130. The van der Waals surface area contributed by atoms with Crippen molar-refractivity contribution >= 4 is 47.1 Å². The zero-order valence-electron chi connectivity index (χ0n) is 12.1. The Morgan fingerprint density at radius 2 is 1.96 bits per heavy atom. The van der Waals surface area contributed by atoms with Crippen LogP contribution in [-0.2, 0) is 16.1 Å². The largest absolute Gasteiger partial charge is 0.467 e. The molecule has 24 heavy (non-hydrogen) atoms. The zero-order valence-corrected chi connectivity index (χ0v) is 13.6. The molecule has 1 N–H and O–H groups in total. The summed E-state index contributed by atoms with van der Waals surface area (Å²) in [6, 6.07) is 7.10. The van der Waals surface area contributed by atoms with Gasteiger partial charge in [-0.05, 0) is 35.9 Å². The molecule has 0 radical (unpaired) electrons. The summed E-state index contributed by atoms with van der Waals surface area (Å²) in [7, 11) is 0. The third-order valence-corrected chi connectivity index (χ3v) is 3.90. The number of hydrogen-bond acceptors (Lipinski definition) is 4. The Morgan fingerprint density at radius 1 is 1.17 bits per heavy atom. The first-order chi connectivity index (χ1) is 11.5. The molecule has 3 rings (SSSR count). The number of amides is 4. The number of carbonyl (C=O) groups is 3. The number of nitrogens with zero attached hydrogens (tertiary/aromatic N) is 1. The average Bonchev–Trinajstić information content (AvgIpc) is 3.03. The number of carbonyl (C=O) groups excluding carboxylic acids is 3. The van der Waals surface area contributed by atoms with Crippen molar-refractivity contribution in [3.8, 4) is 0 Å². The van der Waals surface area contributed by atoms with Crippen LogP contribution in [0.5, 0.6) is 0 Å². The predicted molar refractivity (Wildman–Crippen MR) is 87.2 cm³/mol. The second kappa shape index (κ2) is 6.51. The summed E-state index contributed by atoms with van der Waals surface area (Å²) in [4.78, 5) is 37.3. The van der Waals surface area contributed by atoms with Crippen molar-refractivity contribution in [3.05, 3.63) is 63.5 Å². The van der Waals surface area contributed by atoms with E-state index in [-0.39, 0.29) is 17.1 Å². The normalized spacial score (nSPS) is 16.7. The van der Waals surface area contributed by atoms with Gasteiger partial charge in [-0.15, -0.1) is 0 Å². The molecule has 2 aromatic rings. The van der Waals surface area contributed by atoms with E-state index in [0.29, 0.717) is 16.3 Å². The number of benzene rings is 1. The monoisotopic (exact) mass is 364 g/mol. The maximum absolute atomic E-state index is 12.5. The van der Waals surface area contributed by atoms with Crippen molar-refractivity contribution in [1.29, 1.82) is 0 Å². The molecule has 1 aliphatic rings. The highest BCUT2D eigenvalue weighted by Gasteiger charge is 2.36. The number of nitrogens with one attached hydrogen (secondary N) is 1. The van der Waals surface area contributed by atoms with Gasteiger partial charge in [-0.2, -0.15) is 0 Å². The lowest BCUT2D eigenvalue weighted by Gasteiger charge is -2.25. The van der Waals surface area contributed by atoms with Crippen LogP contribution in [0.15, 0.2) is 46.6 Å². The predicted octanol–water partition coefficient (Wildman–Crippen LogP) is 3.25. The van der Waals surface area contributed by atoms with Crippen LogP contribution in [-0.4, -0.2) is 22.7 Å². The summed E-state index contributed by atoms with van der Waals surface area (Å²) in [5, 5.41) is 2.83. The molecule has 0 atom stereocenters. The molecule has 0 unspecified atom stereocenters. The van der Waals surface area contributed by atoms with Crippen molar-refractivity contribution in [2.45, 2.75) is 6.54 Å². The van der Waals surface area contributed by atoms with E-state index in [4.69, 9.17) is 27.6 Å². The van der Waals surface area contributed by atoms with Gasteiger partial charge in [-0.3, -0.25) is 19.8 Å². The Labute approximate surface area is 146 Å². The third kappa shape index (κ3) is 3.20. The fourth-order valence-electron chi connectivity index (χ4n) is 2.17. The van der Waals surface area contributed by atoms with Crippen LogP contribution >= 0.6 is 23.2 Å². The fraction of sp³-hybridized carbons (Fsp3) is 0.0625. The number of hydrogen-bond donors (Lipinski definition) is 1. The second-order valence-corrected chi connectivity index (χ2v) is 5.80.